The second-order valence-corrected chi connectivity index (χ2v) is 7.50. The van der Waals surface area contributed by atoms with Gasteiger partial charge >= 0.3 is 0 Å². The molecule has 2 aromatic carbocycles. The van der Waals surface area contributed by atoms with Crippen LogP contribution in [0, 0.1) is 6.92 Å². The molecule has 2 heterocycles. The van der Waals surface area contributed by atoms with Crippen LogP contribution in [0.15, 0.2) is 53.9 Å². The van der Waals surface area contributed by atoms with Gasteiger partial charge in [-0.2, -0.15) is 4.98 Å². The fraction of sp³-hybridized carbons (Fsp3) is 0.227. The average molecular weight is 407 g/mol. The van der Waals surface area contributed by atoms with E-state index in [4.69, 9.17) is 4.74 Å². The molecule has 4 aromatic rings. The smallest absolute Gasteiger partial charge is 0.255 e. The summed E-state index contributed by atoms with van der Waals surface area (Å²) < 4.78 is 7.40. The molecule has 0 saturated heterocycles. The molecule has 0 spiro atoms. The number of nitrogens with one attached hydrogen (secondary N) is 1. The zero-order valence-electron chi connectivity index (χ0n) is 16.4. The van der Waals surface area contributed by atoms with Gasteiger partial charge in [0.15, 0.2) is 5.82 Å². The Hall–Kier alpha value is -3.19. The molecule has 0 radical (unpaired) electrons. The van der Waals surface area contributed by atoms with Gasteiger partial charge in [0.2, 0.25) is 4.96 Å². The number of para-hydroxylation sites is 1. The van der Waals surface area contributed by atoms with Gasteiger partial charge in [-0.25, -0.2) is 4.52 Å². The van der Waals surface area contributed by atoms with E-state index in [9.17, 15) is 4.79 Å². The number of hydrogen-bond donors (Lipinski definition) is 1. The molecular formula is C22H22N4O2S. The number of carbonyl (C=O) groups excluding carboxylic acids is 1. The van der Waals surface area contributed by atoms with Gasteiger partial charge < -0.3 is 10.1 Å². The van der Waals surface area contributed by atoms with Crippen LogP contribution in [0.2, 0.25) is 0 Å². The maximum Gasteiger partial charge on any atom is 0.255 e. The number of nitrogens with zero attached hydrogens (tertiary/aromatic N) is 3. The zero-order chi connectivity index (χ0) is 20.2. The molecule has 6 nitrogen and oxygen atoms in total. The lowest BCUT2D eigenvalue weighted by atomic mass is 10.1. The molecule has 0 aliphatic carbocycles. The highest BCUT2D eigenvalue weighted by Crippen LogP contribution is 2.22. The van der Waals surface area contributed by atoms with Gasteiger partial charge in [-0.15, -0.1) is 16.4 Å². The van der Waals surface area contributed by atoms with Crippen LogP contribution < -0.4 is 10.1 Å². The Morgan fingerprint density at radius 2 is 2.07 bits per heavy atom. The second kappa shape index (κ2) is 8.45. The minimum Gasteiger partial charge on any atom is -0.493 e. The SMILES string of the molecule is CCOc1ccccc1C(=O)NCCc1csc2nc(-c3cccc(C)c3)nn12. The maximum absolute atomic E-state index is 12.5. The summed E-state index contributed by atoms with van der Waals surface area (Å²) in [7, 11) is 0. The van der Waals surface area contributed by atoms with Crippen LogP contribution in [0.25, 0.3) is 16.3 Å². The molecule has 0 saturated carbocycles. The number of benzene rings is 2. The van der Waals surface area contributed by atoms with Crippen molar-refractivity contribution in [2.45, 2.75) is 20.3 Å². The largest absolute Gasteiger partial charge is 0.493 e. The number of hydrogen-bond acceptors (Lipinski definition) is 5. The number of aromatic nitrogens is 3. The summed E-state index contributed by atoms with van der Waals surface area (Å²) in [6.45, 7) is 4.98. The van der Waals surface area contributed by atoms with E-state index in [1.807, 2.05) is 47.2 Å². The van der Waals surface area contributed by atoms with E-state index in [0.717, 1.165) is 22.0 Å². The van der Waals surface area contributed by atoms with Crippen molar-refractivity contribution in [3.05, 3.63) is 70.7 Å². The Bertz CT molecular complexity index is 1150. The van der Waals surface area contributed by atoms with E-state index in [0.29, 0.717) is 30.9 Å². The summed E-state index contributed by atoms with van der Waals surface area (Å²) >= 11 is 1.55. The molecule has 2 aromatic heterocycles. The molecule has 1 N–H and O–H groups in total. The molecule has 7 heteroatoms. The lowest BCUT2D eigenvalue weighted by molar-refractivity contribution is 0.0950. The first kappa shape index (κ1) is 19.1. The van der Waals surface area contributed by atoms with Crippen molar-refractivity contribution in [3.63, 3.8) is 0 Å². The third kappa shape index (κ3) is 4.14. The van der Waals surface area contributed by atoms with Crippen molar-refractivity contribution in [1.29, 1.82) is 0 Å². The van der Waals surface area contributed by atoms with Crippen LogP contribution in [0.5, 0.6) is 5.75 Å². The first-order valence-electron chi connectivity index (χ1n) is 9.56. The highest BCUT2D eigenvalue weighted by Gasteiger charge is 2.14. The number of amides is 1. The molecule has 0 aliphatic heterocycles. The number of thiazole rings is 1. The molecule has 0 bridgehead atoms. The van der Waals surface area contributed by atoms with Crippen LogP contribution in [0.1, 0.15) is 28.5 Å². The van der Waals surface area contributed by atoms with E-state index in [2.05, 4.69) is 34.5 Å². The Balaban J connectivity index is 1.45. The Morgan fingerprint density at radius 1 is 1.21 bits per heavy atom. The summed E-state index contributed by atoms with van der Waals surface area (Å²) in [5, 5.41) is 9.67. The molecular weight excluding hydrogens is 384 g/mol. The van der Waals surface area contributed by atoms with Crippen LogP contribution in [0.3, 0.4) is 0 Å². The van der Waals surface area contributed by atoms with Crippen molar-refractivity contribution in [3.8, 4) is 17.1 Å². The molecule has 0 atom stereocenters. The first-order chi connectivity index (χ1) is 14.2. The van der Waals surface area contributed by atoms with Gasteiger partial charge in [0.25, 0.3) is 5.91 Å². The van der Waals surface area contributed by atoms with E-state index in [1.165, 1.54) is 5.56 Å². The van der Waals surface area contributed by atoms with Crippen molar-refractivity contribution in [2.75, 3.05) is 13.2 Å². The first-order valence-corrected chi connectivity index (χ1v) is 10.4. The van der Waals surface area contributed by atoms with Gasteiger partial charge in [-0.3, -0.25) is 4.79 Å². The quantitative estimate of drug-likeness (QED) is 0.501. The van der Waals surface area contributed by atoms with Gasteiger partial charge in [-0.05, 0) is 32.0 Å². The van der Waals surface area contributed by atoms with Crippen LogP contribution in [-0.4, -0.2) is 33.7 Å². The van der Waals surface area contributed by atoms with Crippen LogP contribution >= 0.6 is 11.3 Å². The Morgan fingerprint density at radius 3 is 2.90 bits per heavy atom. The average Bonchev–Trinajstić information content (AvgIpc) is 3.30. The number of carbonyl (C=O) groups is 1. The van der Waals surface area contributed by atoms with Gasteiger partial charge in [0.05, 0.1) is 17.9 Å². The maximum atomic E-state index is 12.5. The summed E-state index contributed by atoms with van der Waals surface area (Å²) in [5.74, 6) is 1.18. The summed E-state index contributed by atoms with van der Waals surface area (Å²) in [4.78, 5) is 18.0. The van der Waals surface area contributed by atoms with Gasteiger partial charge in [0, 0.05) is 23.9 Å². The summed E-state index contributed by atoms with van der Waals surface area (Å²) in [6.07, 6.45) is 0.666. The van der Waals surface area contributed by atoms with Crippen LogP contribution in [-0.2, 0) is 6.42 Å². The minimum atomic E-state index is -0.139. The van der Waals surface area contributed by atoms with Gasteiger partial charge in [0.1, 0.15) is 5.75 Å². The number of rotatable bonds is 7. The molecule has 4 rings (SSSR count). The van der Waals surface area contributed by atoms with Gasteiger partial charge in [-0.1, -0.05) is 35.9 Å². The topological polar surface area (TPSA) is 68.5 Å². The lowest BCUT2D eigenvalue weighted by Crippen LogP contribution is -2.26. The molecule has 1 amide bonds. The third-order valence-corrected chi connectivity index (χ3v) is 5.39. The predicted molar refractivity (Wildman–Crippen MR) is 115 cm³/mol. The fourth-order valence-corrected chi connectivity index (χ4v) is 3.99. The monoisotopic (exact) mass is 406 g/mol. The minimum absolute atomic E-state index is 0.139. The van der Waals surface area contributed by atoms with Crippen molar-refractivity contribution in [1.82, 2.24) is 19.9 Å². The van der Waals surface area contributed by atoms with Crippen LogP contribution in [0.4, 0.5) is 0 Å². The zero-order valence-corrected chi connectivity index (χ0v) is 17.2. The summed E-state index contributed by atoms with van der Waals surface area (Å²) in [5.41, 5.74) is 3.76. The standard InChI is InChI=1S/C22H22N4O2S/c1-3-28-19-10-5-4-9-18(19)21(27)23-12-11-17-14-29-22-24-20(25-26(17)22)16-8-6-7-15(2)13-16/h4-10,13-14H,3,11-12H2,1-2H3,(H,23,27). The molecule has 0 aliphatic rings. The molecule has 0 fully saturated rings. The molecule has 148 valence electrons. The molecule has 0 unspecified atom stereocenters. The number of fused-ring (bicyclic) bond motifs is 1. The van der Waals surface area contributed by atoms with E-state index in [-0.39, 0.29) is 5.91 Å². The highest BCUT2D eigenvalue weighted by atomic mass is 32.1. The lowest BCUT2D eigenvalue weighted by Gasteiger charge is -2.10. The third-order valence-electron chi connectivity index (χ3n) is 4.52. The number of aryl methyl sites for hydroxylation is 1. The van der Waals surface area contributed by atoms with E-state index < -0.39 is 0 Å². The normalized spacial score (nSPS) is 11.0. The Kier molecular flexibility index (Phi) is 5.57. The van der Waals surface area contributed by atoms with Crippen molar-refractivity contribution < 1.29 is 9.53 Å². The predicted octanol–water partition coefficient (Wildman–Crippen LogP) is 4.14. The van der Waals surface area contributed by atoms with Crippen molar-refractivity contribution >= 4 is 22.2 Å². The van der Waals surface area contributed by atoms with E-state index >= 15 is 0 Å². The fourth-order valence-electron chi connectivity index (χ4n) is 3.14. The van der Waals surface area contributed by atoms with E-state index in [1.54, 1.807) is 17.4 Å². The highest BCUT2D eigenvalue weighted by molar-refractivity contribution is 7.15. The Labute approximate surface area is 173 Å². The second-order valence-electron chi connectivity index (χ2n) is 6.66. The number of ether oxygens (including phenoxy) is 1. The summed E-state index contributed by atoms with van der Waals surface area (Å²) in [6, 6.07) is 15.4. The van der Waals surface area contributed by atoms with Crippen molar-refractivity contribution in [2.24, 2.45) is 0 Å². The molecule has 29 heavy (non-hydrogen) atoms.